The number of aromatic nitrogens is 1. The zero-order chi connectivity index (χ0) is 22.7. The average molecular weight is 439 g/mol. The number of hydrogen-bond acceptors (Lipinski definition) is 3. The second kappa shape index (κ2) is 7.41. The molecule has 4 aromatic rings. The molecule has 33 heavy (non-hydrogen) atoms. The molecule has 0 radical (unpaired) electrons. The summed E-state index contributed by atoms with van der Waals surface area (Å²) in [5.41, 5.74) is 7.58. The monoisotopic (exact) mass is 438 g/mol. The molecule has 6 rings (SSSR count). The molecule has 5 nitrogen and oxygen atoms in total. The summed E-state index contributed by atoms with van der Waals surface area (Å²) < 4.78 is 11.1. The third-order valence-electron chi connectivity index (χ3n) is 7.23. The Morgan fingerprint density at radius 1 is 1.00 bits per heavy atom. The number of nitrogens with zero attached hydrogens (tertiary/aromatic N) is 1. The molecule has 0 unspecified atom stereocenters. The van der Waals surface area contributed by atoms with E-state index in [1.807, 2.05) is 17.0 Å². The highest BCUT2D eigenvalue weighted by molar-refractivity contribution is 6.04. The van der Waals surface area contributed by atoms with E-state index in [9.17, 15) is 4.79 Å². The van der Waals surface area contributed by atoms with Gasteiger partial charge in [-0.05, 0) is 40.8 Å². The molecule has 0 fully saturated rings. The lowest BCUT2D eigenvalue weighted by Gasteiger charge is -2.36. The molecule has 3 aromatic carbocycles. The molecule has 3 heterocycles. The number of aromatic amines is 1. The molecule has 0 aliphatic carbocycles. The first kappa shape index (κ1) is 19.9. The minimum absolute atomic E-state index is 0.00904. The van der Waals surface area contributed by atoms with Crippen LogP contribution in [0.5, 0.6) is 11.5 Å². The first-order chi connectivity index (χ1) is 16.2. The van der Waals surface area contributed by atoms with Gasteiger partial charge in [-0.2, -0.15) is 0 Å². The van der Waals surface area contributed by atoms with Crippen LogP contribution in [0.15, 0.2) is 60.7 Å². The van der Waals surface area contributed by atoms with Crippen molar-refractivity contribution in [2.75, 3.05) is 20.8 Å². The minimum Gasteiger partial charge on any atom is -0.493 e. The maximum atomic E-state index is 13.8. The maximum Gasteiger partial charge on any atom is 0.259 e. The van der Waals surface area contributed by atoms with Crippen LogP contribution in [0.2, 0.25) is 0 Å². The number of ether oxygens (including phenoxy) is 2. The summed E-state index contributed by atoms with van der Waals surface area (Å²) in [6.45, 7) is 2.78. The molecule has 2 atom stereocenters. The number of methoxy groups -OCH3 is 2. The first-order valence-corrected chi connectivity index (χ1v) is 11.4. The number of benzene rings is 3. The van der Waals surface area contributed by atoms with Crippen LogP contribution in [0.25, 0.3) is 10.9 Å². The number of carbonyl (C=O) groups is 1. The van der Waals surface area contributed by atoms with Crippen molar-refractivity contribution in [3.05, 3.63) is 94.2 Å². The van der Waals surface area contributed by atoms with Gasteiger partial charge in [0.2, 0.25) is 0 Å². The lowest BCUT2D eigenvalue weighted by atomic mass is 9.82. The normalized spacial score (nSPS) is 18.8. The van der Waals surface area contributed by atoms with E-state index in [4.69, 9.17) is 9.47 Å². The highest BCUT2D eigenvalue weighted by Gasteiger charge is 2.47. The minimum atomic E-state index is -0.166. The summed E-state index contributed by atoms with van der Waals surface area (Å²) in [5, 5.41) is 1.22. The summed E-state index contributed by atoms with van der Waals surface area (Å²) in [5.74, 6) is 1.17. The number of H-pyrrole nitrogens is 1. The Morgan fingerprint density at radius 2 is 1.79 bits per heavy atom. The van der Waals surface area contributed by atoms with E-state index in [0.29, 0.717) is 23.6 Å². The Balaban J connectivity index is 1.59. The molecule has 166 valence electrons. The molecule has 0 bridgehead atoms. The van der Waals surface area contributed by atoms with Crippen molar-refractivity contribution in [2.45, 2.75) is 25.3 Å². The second-order valence-corrected chi connectivity index (χ2v) is 8.77. The molecule has 0 spiro atoms. The Morgan fingerprint density at radius 3 is 2.52 bits per heavy atom. The molecule has 5 heteroatoms. The van der Waals surface area contributed by atoms with Crippen molar-refractivity contribution in [3.63, 3.8) is 0 Å². The number of hydrogen-bond donors (Lipinski definition) is 1. The predicted octanol–water partition coefficient (Wildman–Crippen LogP) is 5.44. The molecule has 0 saturated heterocycles. The van der Waals surface area contributed by atoms with Crippen molar-refractivity contribution < 1.29 is 14.3 Å². The molecule has 1 amide bonds. The van der Waals surface area contributed by atoms with E-state index in [2.05, 4.69) is 60.4 Å². The Kier molecular flexibility index (Phi) is 4.47. The van der Waals surface area contributed by atoms with E-state index in [0.717, 1.165) is 23.2 Å². The Hall–Kier alpha value is -3.73. The summed E-state index contributed by atoms with van der Waals surface area (Å²) in [6, 6.07) is 21.0. The molecule has 1 N–H and O–H groups in total. The topological polar surface area (TPSA) is 54.6 Å². The smallest absolute Gasteiger partial charge is 0.259 e. The molecule has 0 saturated carbocycles. The summed E-state index contributed by atoms with van der Waals surface area (Å²) in [7, 11) is 3.19. The van der Waals surface area contributed by atoms with Gasteiger partial charge < -0.3 is 19.4 Å². The van der Waals surface area contributed by atoms with Gasteiger partial charge in [-0.1, -0.05) is 55.5 Å². The highest BCUT2D eigenvalue weighted by atomic mass is 16.5. The molecular weight excluding hydrogens is 412 g/mol. The summed E-state index contributed by atoms with van der Waals surface area (Å²) in [4.78, 5) is 19.4. The Bertz CT molecular complexity index is 1390. The van der Waals surface area contributed by atoms with Gasteiger partial charge >= 0.3 is 0 Å². The van der Waals surface area contributed by atoms with Gasteiger partial charge in [0.1, 0.15) is 0 Å². The fourth-order valence-electron chi connectivity index (χ4n) is 5.64. The molecule has 2 aliphatic heterocycles. The standard InChI is InChI=1S/C28H26N2O3/c1-4-16-9-11-17(12-10-16)20-15-30-26(25-23(20)18-7-5-6-8-21(18)29-25)19-13-14-22(32-2)27(33-3)24(19)28(30)31/h5-14,20,26,29H,4,15H2,1-3H3/t20-,26-/m0/s1. The molecular formula is C28H26N2O3. The summed E-state index contributed by atoms with van der Waals surface area (Å²) in [6.07, 6.45) is 1.01. The van der Waals surface area contributed by atoms with Gasteiger partial charge in [0.25, 0.3) is 5.91 Å². The number of amides is 1. The highest BCUT2D eigenvalue weighted by Crippen LogP contribution is 2.52. The van der Waals surface area contributed by atoms with E-state index in [1.54, 1.807) is 14.2 Å². The van der Waals surface area contributed by atoms with Crippen molar-refractivity contribution in [3.8, 4) is 11.5 Å². The van der Waals surface area contributed by atoms with Crippen LogP contribution >= 0.6 is 0 Å². The van der Waals surface area contributed by atoms with Crippen molar-refractivity contribution >= 4 is 16.8 Å². The van der Waals surface area contributed by atoms with Gasteiger partial charge in [-0.25, -0.2) is 0 Å². The van der Waals surface area contributed by atoms with Crippen LogP contribution in [-0.2, 0) is 6.42 Å². The van der Waals surface area contributed by atoms with Crippen molar-refractivity contribution in [2.24, 2.45) is 0 Å². The van der Waals surface area contributed by atoms with Crippen LogP contribution in [0.1, 0.15) is 57.2 Å². The van der Waals surface area contributed by atoms with Crippen LogP contribution in [0.4, 0.5) is 0 Å². The van der Waals surface area contributed by atoms with Crippen molar-refractivity contribution in [1.82, 2.24) is 9.88 Å². The van der Waals surface area contributed by atoms with Gasteiger partial charge in [-0.3, -0.25) is 4.79 Å². The Labute approximate surface area is 192 Å². The number of para-hydroxylation sites is 1. The quantitative estimate of drug-likeness (QED) is 0.462. The third kappa shape index (κ3) is 2.75. The fraction of sp³-hybridized carbons (Fsp3) is 0.250. The van der Waals surface area contributed by atoms with Gasteiger partial charge in [0.05, 0.1) is 25.8 Å². The number of aryl methyl sites for hydroxylation is 1. The predicted molar refractivity (Wildman–Crippen MR) is 128 cm³/mol. The van der Waals surface area contributed by atoms with Crippen LogP contribution < -0.4 is 9.47 Å². The van der Waals surface area contributed by atoms with Gasteiger partial charge in [0, 0.05) is 29.1 Å². The zero-order valence-corrected chi connectivity index (χ0v) is 19.0. The summed E-state index contributed by atoms with van der Waals surface area (Å²) >= 11 is 0. The lowest BCUT2D eigenvalue weighted by Crippen LogP contribution is -2.37. The van der Waals surface area contributed by atoms with E-state index in [-0.39, 0.29) is 17.9 Å². The SMILES string of the molecule is CCc1ccc([C@@H]2CN3C(=O)c4c(ccc(OC)c4OC)[C@H]3c3[nH]c4ccccc4c32)cc1. The lowest BCUT2D eigenvalue weighted by molar-refractivity contribution is 0.0725. The van der Waals surface area contributed by atoms with E-state index >= 15 is 0 Å². The number of nitrogens with one attached hydrogen (secondary N) is 1. The number of rotatable bonds is 4. The van der Waals surface area contributed by atoms with Crippen LogP contribution in [0.3, 0.4) is 0 Å². The number of carbonyl (C=O) groups excluding carboxylic acids is 1. The van der Waals surface area contributed by atoms with Crippen LogP contribution in [-0.4, -0.2) is 36.6 Å². The van der Waals surface area contributed by atoms with E-state index in [1.165, 1.54) is 22.1 Å². The molecule has 2 aliphatic rings. The third-order valence-corrected chi connectivity index (χ3v) is 7.23. The second-order valence-electron chi connectivity index (χ2n) is 8.77. The van der Waals surface area contributed by atoms with Crippen molar-refractivity contribution in [1.29, 1.82) is 0 Å². The van der Waals surface area contributed by atoms with E-state index < -0.39 is 0 Å². The van der Waals surface area contributed by atoms with Gasteiger partial charge in [0.15, 0.2) is 11.5 Å². The largest absolute Gasteiger partial charge is 0.493 e. The molecule has 1 aromatic heterocycles. The first-order valence-electron chi connectivity index (χ1n) is 11.4. The number of fused-ring (bicyclic) bond motifs is 7. The van der Waals surface area contributed by atoms with Crippen LogP contribution in [0, 0.1) is 0 Å². The zero-order valence-electron chi connectivity index (χ0n) is 19.0. The average Bonchev–Trinajstić information content (AvgIpc) is 3.39. The fourth-order valence-corrected chi connectivity index (χ4v) is 5.64. The maximum absolute atomic E-state index is 13.8. The van der Waals surface area contributed by atoms with Gasteiger partial charge in [-0.15, -0.1) is 0 Å².